The van der Waals surface area contributed by atoms with Crippen LogP contribution < -0.4 is 5.32 Å². The fraction of sp³-hybridized carbons (Fsp3) is 0.708. The van der Waals surface area contributed by atoms with Gasteiger partial charge in [-0.25, -0.2) is 0 Å². The lowest BCUT2D eigenvalue weighted by molar-refractivity contribution is -0.121. The zero-order valence-electron chi connectivity index (χ0n) is 17.3. The molecule has 1 N–H and O–H groups in total. The Hall–Kier alpha value is -1.31. The summed E-state index contributed by atoms with van der Waals surface area (Å²) in [5, 5.41) is 3.21. The second kappa shape index (κ2) is 15.9. The number of carbonyl (C=O) groups excluding carboxylic acids is 1. The van der Waals surface area contributed by atoms with E-state index in [1.807, 2.05) is 6.07 Å². The van der Waals surface area contributed by atoms with Gasteiger partial charge >= 0.3 is 0 Å². The quantitative estimate of drug-likeness (QED) is 0.322. The number of benzene rings is 1. The lowest BCUT2D eigenvalue weighted by atomic mass is 10.0. The van der Waals surface area contributed by atoms with Crippen molar-refractivity contribution in [1.82, 2.24) is 5.32 Å². The standard InChI is InChI=1S/C24H41NO/c1-3-5-6-7-8-9-10-11-12-13-17-20-24(26)25-23(4-2)21-22-18-15-14-16-19-22/h14-16,18-19,23H,3-13,17,20-21H2,1-2H3,(H,25,26). The molecule has 0 aliphatic carbocycles. The highest BCUT2D eigenvalue weighted by Gasteiger charge is 2.10. The van der Waals surface area contributed by atoms with Gasteiger partial charge in [0.2, 0.25) is 5.91 Å². The molecule has 2 nitrogen and oxygen atoms in total. The van der Waals surface area contributed by atoms with Crippen LogP contribution in [-0.2, 0) is 11.2 Å². The first-order valence-electron chi connectivity index (χ1n) is 11.1. The number of nitrogens with one attached hydrogen (secondary N) is 1. The van der Waals surface area contributed by atoms with E-state index in [2.05, 4.69) is 43.4 Å². The number of hydrogen-bond donors (Lipinski definition) is 1. The average molecular weight is 360 g/mol. The van der Waals surface area contributed by atoms with Crippen molar-refractivity contribution in [2.45, 2.75) is 110 Å². The minimum absolute atomic E-state index is 0.226. The Morgan fingerprint density at radius 2 is 1.35 bits per heavy atom. The van der Waals surface area contributed by atoms with Crippen molar-refractivity contribution < 1.29 is 4.79 Å². The van der Waals surface area contributed by atoms with Gasteiger partial charge < -0.3 is 5.32 Å². The summed E-state index contributed by atoms with van der Waals surface area (Å²) in [6, 6.07) is 10.7. The summed E-state index contributed by atoms with van der Waals surface area (Å²) >= 11 is 0. The van der Waals surface area contributed by atoms with E-state index in [-0.39, 0.29) is 11.9 Å². The van der Waals surface area contributed by atoms with E-state index in [4.69, 9.17) is 0 Å². The van der Waals surface area contributed by atoms with Gasteiger partial charge in [-0.15, -0.1) is 0 Å². The molecule has 148 valence electrons. The normalized spacial score (nSPS) is 12.1. The molecule has 1 amide bonds. The van der Waals surface area contributed by atoms with Gasteiger partial charge in [0, 0.05) is 12.5 Å². The molecule has 0 aromatic heterocycles. The Balaban J connectivity index is 1.98. The fourth-order valence-corrected chi connectivity index (χ4v) is 3.45. The number of hydrogen-bond acceptors (Lipinski definition) is 1. The molecular formula is C24H41NO. The molecule has 1 aromatic carbocycles. The Bertz CT molecular complexity index is 443. The van der Waals surface area contributed by atoms with Crippen LogP contribution >= 0.6 is 0 Å². The molecule has 0 spiro atoms. The molecule has 0 aliphatic rings. The van der Waals surface area contributed by atoms with Crippen molar-refractivity contribution in [2.24, 2.45) is 0 Å². The summed E-state index contributed by atoms with van der Waals surface area (Å²) < 4.78 is 0. The van der Waals surface area contributed by atoms with Crippen LogP contribution in [0.1, 0.15) is 103 Å². The number of amides is 1. The zero-order valence-corrected chi connectivity index (χ0v) is 17.3. The fourth-order valence-electron chi connectivity index (χ4n) is 3.45. The third-order valence-electron chi connectivity index (χ3n) is 5.19. The monoisotopic (exact) mass is 359 g/mol. The summed E-state index contributed by atoms with van der Waals surface area (Å²) in [7, 11) is 0. The van der Waals surface area contributed by atoms with Crippen LogP contribution in [-0.4, -0.2) is 11.9 Å². The minimum atomic E-state index is 0.226. The molecule has 1 unspecified atom stereocenters. The average Bonchev–Trinajstić information content (AvgIpc) is 2.66. The Morgan fingerprint density at radius 1 is 0.808 bits per heavy atom. The highest BCUT2D eigenvalue weighted by Crippen LogP contribution is 2.12. The molecule has 1 atom stereocenters. The predicted molar refractivity (Wildman–Crippen MR) is 113 cm³/mol. The molecular weight excluding hydrogens is 318 g/mol. The maximum absolute atomic E-state index is 12.2. The molecule has 0 saturated carbocycles. The summed E-state index contributed by atoms with van der Waals surface area (Å²) in [6.07, 6.45) is 17.2. The van der Waals surface area contributed by atoms with Crippen molar-refractivity contribution in [3.05, 3.63) is 35.9 Å². The van der Waals surface area contributed by atoms with Crippen LogP contribution in [0.15, 0.2) is 30.3 Å². The second-order valence-corrected chi connectivity index (χ2v) is 7.65. The van der Waals surface area contributed by atoms with Crippen LogP contribution in [0.2, 0.25) is 0 Å². The van der Waals surface area contributed by atoms with Gasteiger partial charge in [-0.3, -0.25) is 4.79 Å². The smallest absolute Gasteiger partial charge is 0.220 e. The maximum atomic E-state index is 12.2. The number of rotatable bonds is 16. The van der Waals surface area contributed by atoms with E-state index in [1.165, 1.54) is 69.8 Å². The first kappa shape index (κ1) is 22.7. The van der Waals surface area contributed by atoms with Gasteiger partial charge in [-0.1, -0.05) is 108 Å². The molecule has 2 heteroatoms. The van der Waals surface area contributed by atoms with Crippen molar-refractivity contribution in [1.29, 1.82) is 0 Å². The van der Waals surface area contributed by atoms with E-state index < -0.39 is 0 Å². The first-order chi connectivity index (χ1) is 12.8. The van der Waals surface area contributed by atoms with Crippen LogP contribution in [0.4, 0.5) is 0 Å². The van der Waals surface area contributed by atoms with E-state index in [0.29, 0.717) is 6.42 Å². The van der Waals surface area contributed by atoms with E-state index in [1.54, 1.807) is 0 Å². The first-order valence-corrected chi connectivity index (χ1v) is 11.1. The van der Waals surface area contributed by atoms with Crippen LogP contribution in [0.25, 0.3) is 0 Å². The Morgan fingerprint density at radius 3 is 1.88 bits per heavy atom. The number of carbonyl (C=O) groups is 1. The predicted octanol–water partition coefficient (Wildman–Crippen LogP) is 6.83. The SMILES string of the molecule is CCCCCCCCCCCCCC(=O)NC(CC)Cc1ccccc1. The third-order valence-corrected chi connectivity index (χ3v) is 5.19. The van der Waals surface area contributed by atoms with Gasteiger partial charge in [0.05, 0.1) is 0 Å². The largest absolute Gasteiger partial charge is 0.353 e. The topological polar surface area (TPSA) is 29.1 Å². The molecule has 0 fully saturated rings. The van der Waals surface area contributed by atoms with Crippen molar-refractivity contribution >= 4 is 5.91 Å². The van der Waals surface area contributed by atoms with Gasteiger partial charge in [-0.05, 0) is 24.8 Å². The van der Waals surface area contributed by atoms with Crippen molar-refractivity contribution in [3.63, 3.8) is 0 Å². The number of unbranched alkanes of at least 4 members (excludes halogenated alkanes) is 10. The molecule has 1 rings (SSSR count). The van der Waals surface area contributed by atoms with Gasteiger partial charge in [0.15, 0.2) is 0 Å². The molecule has 1 aromatic rings. The molecule has 26 heavy (non-hydrogen) atoms. The van der Waals surface area contributed by atoms with E-state index in [0.717, 1.165) is 19.3 Å². The summed E-state index contributed by atoms with van der Waals surface area (Å²) in [4.78, 5) is 12.2. The van der Waals surface area contributed by atoms with Gasteiger partial charge in [0.25, 0.3) is 0 Å². The Labute approximate surface area is 162 Å². The van der Waals surface area contributed by atoms with Gasteiger partial charge in [0.1, 0.15) is 0 Å². The van der Waals surface area contributed by atoms with Crippen LogP contribution in [0.3, 0.4) is 0 Å². The zero-order chi connectivity index (χ0) is 18.9. The highest BCUT2D eigenvalue weighted by atomic mass is 16.1. The van der Waals surface area contributed by atoms with Crippen molar-refractivity contribution in [2.75, 3.05) is 0 Å². The molecule has 0 heterocycles. The van der Waals surface area contributed by atoms with Crippen LogP contribution in [0.5, 0.6) is 0 Å². The van der Waals surface area contributed by atoms with E-state index >= 15 is 0 Å². The summed E-state index contributed by atoms with van der Waals surface area (Å²) in [5.74, 6) is 0.226. The van der Waals surface area contributed by atoms with Crippen molar-refractivity contribution in [3.8, 4) is 0 Å². The molecule has 0 aliphatic heterocycles. The molecule has 0 radical (unpaired) electrons. The maximum Gasteiger partial charge on any atom is 0.220 e. The van der Waals surface area contributed by atoms with E-state index in [9.17, 15) is 4.79 Å². The summed E-state index contributed by atoms with van der Waals surface area (Å²) in [6.45, 7) is 4.42. The second-order valence-electron chi connectivity index (χ2n) is 7.65. The lowest BCUT2D eigenvalue weighted by Crippen LogP contribution is -2.35. The summed E-state index contributed by atoms with van der Waals surface area (Å²) in [5.41, 5.74) is 1.30. The Kier molecular flexibility index (Phi) is 13.9. The lowest BCUT2D eigenvalue weighted by Gasteiger charge is -2.17. The van der Waals surface area contributed by atoms with Crippen LogP contribution in [0, 0.1) is 0 Å². The third kappa shape index (κ3) is 12.1. The molecule has 0 saturated heterocycles. The highest BCUT2D eigenvalue weighted by molar-refractivity contribution is 5.76. The molecule has 0 bridgehead atoms. The van der Waals surface area contributed by atoms with Gasteiger partial charge in [-0.2, -0.15) is 0 Å². The minimum Gasteiger partial charge on any atom is -0.353 e.